The third kappa shape index (κ3) is 4.81. The molecule has 2 aliphatic rings. The van der Waals surface area contributed by atoms with E-state index in [-0.39, 0.29) is 5.92 Å². The van der Waals surface area contributed by atoms with Gasteiger partial charge in [0.25, 0.3) is 0 Å². The molecule has 1 fully saturated rings. The van der Waals surface area contributed by atoms with Crippen molar-refractivity contribution in [1.82, 2.24) is 3.80 Å². The molecule has 0 heterocycles. The summed E-state index contributed by atoms with van der Waals surface area (Å²) in [6, 6.07) is 22.2. The summed E-state index contributed by atoms with van der Waals surface area (Å²) in [5, 5.41) is 2.93. The number of allylic oxidation sites excluding steroid dienone is 4. The van der Waals surface area contributed by atoms with Crippen molar-refractivity contribution in [3.63, 3.8) is 0 Å². The number of rotatable bonds is 6. The molecule has 1 unspecified atom stereocenters. The van der Waals surface area contributed by atoms with Crippen LogP contribution in [0.25, 0.3) is 0 Å². The average molecular weight is 479 g/mol. The number of amides is 1. The van der Waals surface area contributed by atoms with Gasteiger partial charge in [0.2, 0.25) is 0 Å². The molecule has 2 nitrogen and oxygen atoms in total. The third-order valence-electron chi connectivity index (χ3n) is 7.72. The third-order valence-corrected chi connectivity index (χ3v) is 21.1. The van der Waals surface area contributed by atoms with Crippen LogP contribution in [0.2, 0.25) is 0 Å². The Kier molecular flexibility index (Phi) is 7.71. The van der Waals surface area contributed by atoms with Crippen LogP contribution >= 0.6 is 0 Å². The molecule has 0 aliphatic heterocycles. The molecule has 0 aromatic heterocycles. The van der Waals surface area contributed by atoms with Crippen LogP contribution in [0.4, 0.5) is 0 Å². The number of carbonyl (C=O) groups is 1. The molecule has 2 aromatic rings. The second-order valence-corrected chi connectivity index (χ2v) is 19.4. The van der Waals surface area contributed by atoms with E-state index < -0.39 is 24.0 Å². The molecule has 32 heavy (non-hydrogen) atoms. The Balaban J connectivity index is 1.80. The summed E-state index contributed by atoms with van der Waals surface area (Å²) in [4.78, 5) is 13.6. The van der Waals surface area contributed by atoms with Gasteiger partial charge in [0.15, 0.2) is 0 Å². The summed E-state index contributed by atoms with van der Waals surface area (Å²) in [5.41, 5.74) is 4.39. The van der Waals surface area contributed by atoms with Gasteiger partial charge in [0.1, 0.15) is 0 Å². The summed E-state index contributed by atoms with van der Waals surface area (Å²) in [6.45, 7) is 7.62. The number of nitrogens with one attached hydrogen (secondary N) is 1. The molecule has 2 aliphatic carbocycles. The molecule has 0 spiro atoms. The summed E-state index contributed by atoms with van der Waals surface area (Å²) in [6.07, 6.45) is 5.80. The summed E-state index contributed by atoms with van der Waals surface area (Å²) < 4.78 is 5.44. The Hall–Kier alpha value is -1.68. The van der Waals surface area contributed by atoms with Crippen molar-refractivity contribution in [3.05, 3.63) is 81.3 Å². The minimum absolute atomic E-state index is 0.209. The summed E-state index contributed by atoms with van der Waals surface area (Å²) in [5.74, 6) is 0.998. The molecule has 1 amide bonds. The fourth-order valence-electron chi connectivity index (χ4n) is 5.51. The van der Waals surface area contributed by atoms with Gasteiger partial charge in [-0.2, -0.15) is 0 Å². The van der Waals surface area contributed by atoms with E-state index in [4.69, 9.17) is 0 Å². The molecular weight excluding hydrogens is 442 g/mol. The first-order valence-electron chi connectivity index (χ1n) is 12.2. The SMILES string of the molecule is CC1=C(C)C(C)[C]([Ti]([NH]C(=O)C2CCCCC2)[SiH](c2ccccc2)c2ccccc2)=C1C. The van der Waals surface area contributed by atoms with Crippen LogP contribution in [0.3, 0.4) is 0 Å². The molecule has 2 aromatic carbocycles. The molecule has 0 radical (unpaired) electrons. The van der Waals surface area contributed by atoms with Crippen molar-refractivity contribution >= 4 is 22.9 Å². The van der Waals surface area contributed by atoms with E-state index in [0.29, 0.717) is 11.8 Å². The van der Waals surface area contributed by atoms with E-state index in [2.05, 4.69) is 92.2 Å². The fourth-order valence-corrected chi connectivity index (χ4v) is 20.7. The molecule has 1 saturated carbocycles. The molecule has 4 rings (SSSR count). The fraction of sp³-hybridized carbons (Fsp3) is 0.393. The normalized spacial score (nSPS) is 19.6. The number of hydrogen-bond acceptors (Lipinski definition) is 1. The molecule has 0 saturated heterocycles. The van der Waals surface area contributed by atoms with E-state index >= 15 is 0 Å². The standard InChI is InChI=1S/C12H11Si.C9H13.C7H13NO.Ti/c1-3-7-11(8-4-1)13-12-9-5-2-6-10-12;1-6-5-7(2)9(4)8(6)3;8-7(9)6-4-2-1-3-5-6;/h1-10,13H;6H,1-4H3;6H,1-5H2,(H2,8,9);/q;;;+1/p-1. The zero-order valence-electron chi connectivity index (χ0n) is 19.9. The zero-order chi connectivity index (χ0) is 22.7. The van der Waals surface area contributed by atoms with Crippen LogP contribution in [-0.4, -0.2) is 12.6 Å². The van der Waals surface area contributed by atoms with Crippen LogP contribution in [0.1, 0.15) is 59.8 Å². The van der Waals surface area contributed by atoms with Crippen LogP contribution in [0.5, 0.6) is 0 Å². The predicted octanol–water partition coefficient (Wildman–Crippen LogP) is 5.01. The van der Waals surface area contributed by atoms with Crippen molar-refractivity contribution in [1.29, 1.82) is 0 Å². The van der Waals surface area contributed by atoms with E-state index in [1.165, 1.54) is 46.4 Å². The van der Waals surface area contributed by atoms with Gasteiger partial charge in [0, 0.05) is 0 Å². The monoisotopic (exact) mass is 478 g/mol. The Morgan fingerprint density at radius 2 is 1.38 bits per heavy atom. The summed E-state index contributed by atoms with van der Waals surface area (Å²) in [7, 11) is 0. The van der Waals surface area contributed by atoms with E-state index in [9.17, 15) is 4.79 Å². The second kappa shape index (κ2) is 10.5. The number of benzene rings is 2. The minimum atomic E-state index is -2.17. The number of carbonyl (C=O) groups excluding carboxylic acids is 1. The van der Waals surface area contributed by atoms with E-state index in [1.807, 2.05) is 0 Å². The summed E-state index contributed by atoms with van der Waals surface area (Å²) >= 11 is -2.17. The van der Waals surface area contributed by atoms with Crippen molar-refractivity contribution < 1.29 is 22.2 Å². The number of hydrogen-bond donors (Lipinski definition) is 1. The Bertz CT molecular complexity index is 969. The quantitative estimate of drug-likeness (QED) is 0.581. The van der Waals surface area contributed by atoms with Crippen molar-refractivity contribution in [2.24, 2.45) is 11.8 Å². The van der Waals surface area contributed by atoms with Gasteiger partial charge < -0.3 is 0 Å². The van der Waals surface area contributed by atoms with Crippen LogP contribution in [0.15, 0.2) is 81.3 Å². The Morgan fingerprint density at radius 1 is 0.844 bits per heavy atom. The van der Waals surface area contributed by atoms with Gasteiger partial charge in [-0.05, 0) is 0 Å². The van der Waals surface area contributed by atoms with Crippen molar-refractivity contribution in [2.75, 3.05) is 0 Å². The van der Waals surface area contributed by atoms with Gasteiger partial charge in [-0.25, -0.2) is 0 Å². The van der Waals surface area contributed by atoms with Gasteiger partial charge in [-0.3, -0.25) is 0 Å². The Morgan fingerprint density at radius 3 is 1.84 bits per heavy atom. The average Bonchev–Trinajstić information content (AvgIpc) is 3.03. The first-order valence-corrected chi connectivity index (χ1v) is 18.1. The first kappa shape index (κ1) is 23.5. The topological polar surface area (TPSA) is 29.1 Å². The van der Waals surface area contributed by atoms with Gasteiger partial charge >= 0.3 is 202 Å². The molecule has 1 N–H and O–H groups in total. The van der Waals surface area contributed by atoms with Crippen molar-refractivity contribution in [2.45, 2.75) is 59.8 Å². The molecule has 1 atom stereocenters. The van der Waals surface area contributed by atoms with Gasteiger partial charge in [0.05, 0.1) is 0 Å². The zero-order valence-corrected chi connectivity index (χ0v) is 22.7. The van der Waals surface area contributed by atoms with Crippen LogP contribution in [0, 0.1) is 11.8 Å². The molecule has 167 valence electrons. The van der Waals surface area contributed by atoms with Gasteiger partial charge in [-0.15, -0.1) is 0 Å². The molecule has 0 bridgehead atoms. The van der Waals surface area contributed by atoms with Crippen molar-refractivity contribution in [3.8, 4) is 0 Å². The van der Waals surface area contributed by atoms with Crippen LogP contribution in [-0.2, 0) is 22.2 Å². The van der Waals surface area contributed by atoms with E-state index in [0.717, 1.165) is 12.8 Å². The second-order valence-electron chi connectivity index (χ2n) is 9.56. The molecule has 4 heteroatoms. The van der Waals surface area contributed by atoms with E-state index in [1.54, 1.807) is 3.88 Å². The predicted molar refractivity (Wildman–Crippen MR) is 134 cm³/mol. The maximum atomic E-state index is 13.6. The first-order chi connectivity index (χ1) is 15.5. The molecular formula is C28H36NOSiTi. The van der Waals surface area contributed by atoms with Crippen LogP contribution < -0.4 is 14.2 Å². The Labute approximate surface area is 201 Å². The maximum absolute atomic E-state index is 13.6. The van der Waals surface area contributed by atoms with Gasteiger partial charge in [-0.1, -0.05) is 0 Å².